The molecule has 0 saturated carbocycles. The molecule has 2 aromatic rings. The molecule has 1 aliphatic rings. The first-order chi connectivity index (χ1) is 12.5. The van der Waals surface area contributed by atoms with E-state index in [0.717, 1.165) is 18.2 Å². The van der Waals surface area contributed by atoms with Gasteiger partial charge >= 0.3 is 6.18 Å². The van der Waals surface area contributed by atoms with Crippen LogP contribution >= 0.6 is 0 Å². The minimum Gasteiger partial charge on any atom is -0.375 e. The zero-order valence-electron chi connectivity index (χ0n) is 14.2. The largest absolute Gasteiger partial charge is 0.416 e. The van der Waals surface area contributed by atoms with Gasteiger partial charge in [0, 0.05) is 19.6 Å². The molecule has 0 spiro atoms. The Hall–Kier alpha value is -2.36. The molecule has 6 heteroatoms. The molecule has 1 aliphatic heterocycles. The van der Waals surface area contributed by atoms with Gasteiger partial charge < -0.3 is 4.74 Å². The van der Waals surface area contributed by atoms with Crippen LogP contribution in [0, 0.1) is 11.3 Å². The highest BCUT2D eigenvalue weighted by atomic mass is 19.4. The number of hydrogen-bond donors (Lipinski definition) is 0. The molecular formula is C20H19F3N2O. The number of ether oxygens (including phenoxy) is 1. The van der Waals surface area contributed by atoms with Gasteiger partial charge in [-0.2, -0.15) is 18.4 Å². The second kappa shape index (κ2) is 7.90. The summed E-state index contributed by atoms with van der Waals surface area (Å²) in [6.07, 6.45) is -4.07. The van der Waals surface area contributed by atoms with Crippen molar-refractivity contribution in [2.45, 2.75) is 25.2 Å². The van der Waals surface area contributed by atoms with E-state index in [4.69, 9.17) is 4.74 Å². The Morgan fingerprint density at radius 2 is 1.96 bits per heavy atom. The molecule has 26 heavy (non-hydrogen) atoms. The number of morpholine rings is 1. The normalized spacial score (nSPS) is 18.5. The maximum atomic E-state index is 12.9. The van der Waals surface area contributed by atoms with Gasteiger partial charge in [0.05, 0.1) is 29.9 Å². The SMILES string of the molecule is N#Cc1ccccc1CN1CCOC(Cc2cccc(C(F)(F)F)c2)C1. The van der Waals surface area contributed by atoms with E-state index in [0.29, 0.717) is 37.2 Å². The van der Waals surface area contributed by atoms with E-state index in [2.05, 4.69) is 11.0 Å². The van der Waals surface area contributed by atoms with Crippen LogP contribution in [0.4, 0.5) is 13.2 Å². The van der Waals surface area contributed by atoms with E-state index < -0.39 is 11.7 Å². The van der Waals surface area contributed by atoms with Crippen LogP contribution in [-0.2, 0) is 23.9 Å². The van der Waals surface area contributed by atoms with E-state index in [-0.39, 0.29) is 6.10 Å². The number of nitriles is 1. The maximum absolute atomic E-state index is 12.9. The van der Waals surface area contributed by atoms with Crippen LogP contribution in [0.15, 0.2) is 48.5 Å². The van der Waals surface area contributed by atoms with Crippen LogP contribution in [0.25, 0.3) is 0 Å². The molecule has 0 bridgehead atoms. The summed E-state index contributed by atoms with van der Waals surface area (Å²) in [6, 6.07) is 15.0. The minimum atomic E-state index is -4.34. The average molecular weight is 360 g/mol. The molecule has 1 heterocycles. The van der Waals surface area contributed by atoms with Gasteiger partial charge in [-0.1, -0.05) is 36.4 Å². The molecule has 0 amide bonds. The van der Waals surface area contributed by atoms with Crippen LogP contribution in [-0.4, -0.2) is 30.7 Å². The average Bonchev–Trinajstić information content (AvgIpc) is 2.62. The third kappa shape index (κ3) is 4.63. The zero-order valence-corrected chi connectivity index (χ0v) is 14.2. The fourth-order valence-corrected chi connectivity index (χ4v) is 3.19. The van der Waals surface area contributed by atoms with Gasteiger partial charge in [-0.3, -0.25) is 4.90 Å². The van der Waals surface area contributed by atoms with Crippen LogP contribution in [0.5, 0.6) is 0 Å². The van der Waals surface area contributed by atoms with Crippen LogP contribution in [0.3, 0.4) is 0 Å². The standard InChI is InChI=1S/C20H19F3N2O/c21-20(22,23)18-7-3-4-15(10-18)11-19-14-25(8-9-26-19)13-17-6-2-1-5-16(17)12-24/h1-7,10,19H,8-9,11,13-14H2. The molecule has 3 nitrogen and oxygen atoms in total. The Kier molecular flexibility index (Phi) is 5.60. The van der Waals surface area contributed by atoms with Crippen molar-refractivity contribution >= 4 is 0 Å². The second-order valence-corrected chi connectivity index (χ2v) is 6.40. The first-order valence-electron chi connectivity index (χ1n) is 8.44. The predicted molar refractivity (Wildman–Crippen MR) is 91.3 cm³/mol. The molecule has 0 aliphatic carbocycles. The lowest BCUT2D eigenvalue weighted by Crippen LogP contribution is -2.43. The quantitative estimate of drug-likeness (QED) is 0.826. The van der Waals surface area contributed by atoms with Gasteiger partial charge in [-0.05, 0) is 29.7 Å². The van der Waals surface area contributed by atoms with Crippen molar-refractivity contribution in [3.05, 3.63) is 70.8 Å². The molecule has 0 aromatic heterocycles. The second-order valence-electron chi connectivity index (χ2n) is 6.40. The summed E-state index contributed by atoms with van der Waals surface area (Å²) >= 11 is 0. The maximum Gasteiger partial charge on any atom is 0.416 e. The topological polar surface area (TPSA) is 36.3 Å². The van der Waals surface area contributed by atoms with Crippen molar-refractivity contribution in [3.8, 4) is 6.07 Å². The minimum absolute atomic E-state index is 0.165. The molecule has 1 fully saturated rings. The van der Waals surface area contributed by atoms with Gasteiger partial charge in [0.15, 0.2) is 0 Å². The smallest absolute Gasteiger partial charge is 0.375 e. The number of hydrogen-bond acceptors (Lipinski definition) is 3. The summed E-state index contributed by atoms with van der Waals surface area (Å²) in [4.78, 5) is 2.18. The third-order valence-electron chi connectivity index (χ3n) is 4.47. The van der Waals surface area contributed by atoms with Crippen LogP contribution < -0.4 is 0 Å². The lowest BCUT2D eigenvalue weighted by Gasteiger charge is -2.33. The van der Waals surface area contributed by atoms with E-state index in [1.165, 1.54) is 12.1 Å². The van der Waals surface area contributed by atoms with Gasteiger partial charge in [0.1, 0.15) is 0 Å². The van der Waals surface area contributed by atoms with E-state index >= 15 is 0 Å². The Balaban J connectivity index is 1.65. The number of nitrogens with zero attached hydrogens (tertiary/aromatic N) is 2. The molecule has 3 rings (SSSR count). The Labute approximate surface area is 150 Å². The van der Waals surface area contributed by atoms with Gasteiger partial charge in [-0.25, -0.2) is 0 Å². The van der Waals surface area contributed by atoms with E-state index in [1.807, 2.05) is 18.2 Å². The Morgan fingerprint density at radius 3 is 2.73 bits per heavy atom. The molecule has 1 saturated heterocycles. The number of halogens is 3. The molecule has 0 N–H and O–H groups in total. The van der Waals surface area contributed by atoms with Gasteiger partial charge in [0.25, 0.3) is 0 Å². The first kappa shape index (κ1) is 18.4. The summed E-state index contributed by atoms with van der Waals surface area (Å²) in [7, 11) is 0. The van der Waals surface area contributed by atoms with Crippen molar-refractivity contribution in [1.82, 2.24) is 4.90 Å². The van der Waals surface area contributed by atoms with Crippen molar-refractivity contribution in [1.29, 1.82) is 5.26 Å². The van der Waals surface area contributed by atoms with Crippen LogP contribution in [0.2, 0.25) is 0 Å². The summed E-state index contributed by atoms with van der Waals surface area (Å²) in [6.45, 7) is 2.51. The number of rotatable bonds is 4. The molecule has 1 atom stereocenters. The molecular weight excluding hydrogens is 341 g/mol. The molecule has 136 valence electrons. The molecule has 0 radical (unpaired) electrons. The third-order valence-corrected chi connectivity index (χ3v) is 4.47. The number of benzene rings is 2. The Morgan fingerprint density at radius 1 is 1.15 bits per heavy atom. The highest BCUT2D eigenvalue weighted by Crippen LogP contribution is 2.30. The fraction of sp³-hybridized carbons (Fsp3) is 0.350. The first-order valence-corrected chi connectivity index (χ1v) is 8.44. The highest BCUT2D eigenvalue weighted by molar-refractivity contribution is 5.37. The van der Waals surface area contributed by atoms with Crippen molar-refractivity contribution in [2.24, 2.45) is 0 Å². The summed E-state index contributed by atoms with van der Waals surface area (Å²) < 4.78 is 44.3. The van der Waals surface area contributed by atoms with Crippen molar-refractivity contribution in [3.63, 3.8) is 0 Å². The van der Waals surface area contributed by atoms with Crippen LogP contribution in [0.1, 0.15) is 22.3 Å². The molecule has 1 unspecified atom stereocenters. The lowest BCUT2D eigenvalue weighted by molar-refractivity contribution is -0.137. The van der Waals surface area contributed by atoms with Crippen molar-refractivity contribution < 1.29 is 17.9 Å². The zero-order chi connectivity index (χ0) is 18.6. The summed E-state index contributed by atoms with van der Waals surface area (Å²) in [5.41, 5.74) is 1.58. The summed E-state index contributed by atoms with van der Waals surface area (Å²) in [5, 5.41) is 9.20. The van der Waals surface area contributed by atoms with Gasteiger partial charge in [0.2, 0.25) is 0 Å². The van der Waals surface area contributed by atoms with Crippen molar-refractivity contribution in [2.75, 3.05) is 19.7 Å². The summed E-state index contributed by atoms with van der Waals surface area (Å²) in [5.74, 6) is 0. The predicted octanol–water partition coefficient (Wildman–Crippen LogP) is 4.02. The highest BCUT2D eigenvalue weighted by Gasteiger charge is 2.30. The van der Waals surface area contributed by atoms with E-state index in [1.54, 1.807) is 12.1 Å². The van der Waals surface area contributed by atoms with Gasteiger partial charge in [-0.15, -0.1) is 0 Å². The Bertz CT molecular complexity index is 798. The van der Waals surface area contributed by atoms with E-state index in [9.17, 15) is 18.4 Å². The fourth-order valence-electron chi connectivity index (χ4n) is 3.19. The number of alkyl halides is 3. The lowest BCUT2D eigenvalue weighted by atomic mass is 10.0. The monoisotopic (exact) mass is 360 g/mol. The molecule has 2 aromatic carbocycles.